The van der Waals surface area contributed by atoms with Gasteiger partial charge in [-0.1, -0.05) is 12.1 Å². The van der Waals surface area contributed by atoms with Crippen LogP contribution >= 0.6 is 0 Å². The van der Waals surface area contributed by atoms with Crippen LogP contribution in [-0.2, 0) is 24.0 Å². The van der Waals surface area contributed by atoms with Crippen LogP contribution in [0.5, 0.6) is 5.75 Å². The fraction of sp³-hybridized carbons (Fsp3) is 0.333. The molecule has 10 heteroatoms. The summed E-state index contributed by atoms with van der Waals surface area (Å²) in [6.45, 7) is 3.47. The molecule has 0 saturated heterocycles. The van der Waals surface area contributed by atoms with E-state index in [0.29, 0.717) is 5.69 Å². The van der Waals surface area contributed by atoms with Crippen LogP contribution in [0.25, 0.3) is 22.0 Å². The van der Waals surface area contributed by atoms with Crippen molar-refractivity contribution in [3.63, 3.8) is 0 Å². The van der Waals surface area contributed by atoms with Gasteiger partial charge in [0.25, 0.3) is 5.91 Å². The number of anilines is 1. The minimum absolute atomic E-state index is 0.0635. The second-order valence-electron chi connectivity index (χ2n) is 10.3. The van der Waals surface area contributed by atoms with Crippen LogP contribution in [0.4, 0.5) is 10.1 Å². The van der Waals surface area contributed by atoms with Gasteiger partial charge in [0.05, 0.1) is 29.0 Å². The Hall–Kier alpha value is -3.89. The van der Waals surface area contributed by atoms with Crippen molar-refractivity contribution >= 4 is 22.5 Å². The van der Waals surface area contributed by atoms with E-state index in [-0.39, 0.29) is 36.9 Å². The topological polar surface area (TPSA) is 114 Å². The highest BCUT2D eigenvalue weighted by Gasteiger charge is 2.53. The number of rotatable bonds is 4. The smallest absolute Gasteiger partial charge is 0.268 e. The number of nitrogens with zero attached hydrogens (tertiary/aromatic N) is 5. The SMILES string of the molecule is C[C@H]1Oc2c(F)cccc2N(Cc2c3cc(-c4cnc([C@]5(O)C[C@@](C)(O)C5)nc4)ccc3nn2C)C1=O. The molecule has 9 nitrogen and oxygen atoms in total. The zero-order valence-electron chi connectivity index (χ0n) is 20.6. The largest absolute Gasteiger partial charge is 0.476 e. The van der Waals surface area contributed by atoms with Crippen molar-refractivity contribution in [1.82, 2.24) is 19.7 Å². The van der Waals surface area contributed by atoms with Crippen molar-refractivity contribution in [2.75, 3.05) is 4.90 Å². The van der Waals surface area contributed by atoms with Gasteiger partial charge < -0.3 is 14.9 Å². The van der Waals surface area contributed by atoms with Crippen molar-refractivity contribution in [3.8, 4) is 16.9 Å². The summed E-state index contributed by atoms with van der Waals surface area (Å²) < 4.78 is 21.7. The molecule has 1 saturated carbocycles. The Labute approximate surface area is 212 Å². The molecule has 0 radical (unpaired) electrons. The minimum Gasteiger partial charge on any atom is -0.476 e. The first-order valence-corrected chi connectivity index (χ1v) is 12.0. The number of aliphatic hydroxyl groups is 2. The number of aromatic nitrogens is 4. The van der Waals surface area contributed by atoms with Gasteiger partial charge in [-0.3, -0.25) is 14.4 Å². The number of ether oxygens (including phenoxy) is 1. The molecule has 2 aliphatic rings. The van der Waals surface area contributed by atoms with E-state index < -0.39 is 23.1 Å². The molecular weight excluding hydrogens is 477 g/mol. The second kappa shape index (κ2) is 8.06. The van der Waals surface area contributed by atoms with Crippen molar-refractivity contribution in [3.05, 3.63) is 66.1 Å². The van der Waals surface area contributed by atoms with Crippen molar-refractivity contribution in [2.24, 2.45) is 7.05 Å². The summed E-state index contributed by atoms with van der Waals surface area (Å²) in [5.74, 6) is -0.427. The molecule has 1 fully saturated rings. The zero-order valence-corrected chi connectivity index (χ0v) is 20.6. The number of para-hydroxylation sites is 1. The van der Waals surface area contributed by atoms with Gasteiger partial charge in [-0.2, -0.15) is 5.10 Å². The second-order valence-corrected chi connectivity index (χ2v) is 10.3. The molecule has 3 heterocycles. The van der Waals surface area contributed by atoms with E-state index in [9.17, 15) is 19.4 Å². The predicted octanol–water partition coefficient (Wildman–Crippen LogP) is 3.22. The molecule has 0 unspecified atom stereocenters. The monoisotopic (exact) mass is 503 g/mol. The van der Waals surface area contributed by atoms with Gasteiger partial charge in [0.2, 0.25) is 0 Å². The Balaban J connectivity index is 1.35. The fourth-order valence-corrected chi connectivity index (χ4v) is 5.41. The molecule has 190 valence electrons. The molecule has 6 rings (SSSR count). The number of hydrogen-bond donors (Lipinski definition) is 2. The summed E-state index contributed by atoms with van der Waals surface area (Å²) in [6, 6.07) is 10.3. The predicted molar refractivity (Wildman–Crippen MR) is 133 cm³/mol. The average molecular weight is 504 g/mol. The summed E-state index contributed by atoms with van der Waals surface area (Å²) in [4.78, 5) is 23.3. The van der Waals surface area contributed by atoms with Crippen LogP contribution in [0.3, 0.4) is 0 Å². The number of hydrogen-bond acceptors (Lipinski definition) is 7. The van der Waals surface area contributed by atoms with Gasteiger partial charge in [-0.05, 0) is 43.7 Å². The lowest BCUT2D eigenvalue weighted by molar-refractivity contribution is -0.180. The minimum atomic E-state index is -1.22. The maximum atomic E-state index is 14.4. The average Bonchev–Trinajstić information content (AvgIpc) is 3.15. The van der Waals surface area contributed by atoms with Crippen LogP contribution in [0, 0.1) is 5.82 Å². The molecule has 1 aliphatic heterocycles. The fourth-order valence-electron chi connectivity index (χ4n) is 5.41. The molecule has 1 amide bonds. The van der Waals surface area contributed by atoms with Gasteiger partial charge in [0.1, 0.15) is 5.60 Å². The first-order valence-electron chi connectivity index (χ1n) is 12.0. The maximum Gasteiger partial charge on any atom is 0.268 e. The third-order valence-electron chi connectivity index (χ3n) is 7.16. The number of carbonyl (C=O) groups excluding carboxylic acids is 1. The molecule has 4 aromatic rings. The highest BCUT2D eigenvalue weighted by Crippen LogP contribution is 2.46. The van der Waals surface area contributed by atoms with Crippen molar-refractivity contribution in [1.29, 1.82) is 0 Å². The van der Waals surface area contributed by atoms with Gasteiger partial charge in [0, 0.05) is 43.2 Å². The van der Waals surface area contributed by atoms with Gasteiger partial charge in [0.15, 0.2) is 23.5 Å². The highest BCUT2D eigenvalue weighted by molar-refractivity contribution is 6.00. The molecule has 2 aromatic heterocycles. The van der Waals surface area contributed by atoms with Crippen molar-refractivity contribution < 1.29 is 24.1 Å². The molecule has 1 aliphatic carbocycles. The lowest BCUT2D eigenvalue weighted by atomic mass is 9.68. The van der Waals surface area contributed by atoms with Gasteiger partial charge in [-0.25, -0.2) is 14.4 Å². The summed E-state index contributed by atoms with van der Waals surface area (Å²) in [5.41, 5.74) is 1.36. The van der Waals surface area contributed by atoms with Gasteiger partial charge >= 0.3 is 0 Å². The molecule has 2 aromatic carbocycles. The number of fused-ring (bicyclic) bond motifs is 2. The molecule has 1 atom stereocenters. The Morgan fingerprint density at radius 1 is 1.14 bits per heavy atom. The Morgan fingerprint density at radius 3 is 2.57 bits per heavy atom. The first-order chi connectivity index (χ1) is 17.5. The zero-order chi connectivity index (χ0) is 26.1. The van der Waals surface area contributed by atoms with E-state index in [1.165, 1.54) is 11.0 Å². The van der Waals surface area contributed by atoms with E-state index in [4.69, 9.17) is 4.74 Å². The molecule has 2 N–H and O–H groups in total. The number of halogens is 1. The lowest BCUT2D eigenvalue weighted by Gasteiger charge is -2.46. The number of carbonyl (C=O) groups is 1. The van der Waals surface area contributed by atoms with Crippen LogP contribution < -0.4 is 9.64 Å². The van der Waals surface area contributed by atoms with Gasteiger partial charge in [-0.15, -0.1) is 0 Å². The lowest BCUT2D eigenvalue weighted by Crippen LogP contribution is -2.53. The Kier molecular flexibility index (Phi) is 5.12. The van der Waals surface area contributed by atoms with Crippen molar-refractivity contribution in [2.45, 2.75) is 50.5 Å². The normalized spacial score (nSPS) is 25.1. The summed E-state index contributed by atoms with van der Waals surface area (Å²) in [7, 11) is 1.81. The van der Waals surface area contributed by atoms with Crippen LogP contribution in [-0.4, -0.2) is 47.6 Å². The number of amides is 1. The molecule has 37 heavy (non-hydrogen) atoms. The first kappa shape index (κ1) is 23.5. The summed E-state index contributed by atoms with van der Waals surface area (Å²) >= 11 is 0. The van der Waals surface area contributed by atoms with Crippen LogP contribution in [0.15, 0.2) is 48.8 Å². The standard InChI is InChI=1S/C27H26FN5O4/c1-15-24(34)33(21-6-4-5-19(28)23(21)37-15)12-22-18-9-16(7-8-20(18)31-32(22)3)17-10-29-25(30-11-17)27(36)13-26(2,35)14-27/h4-11,15,35-36H,12-14H2,1-3H3/t15-,26-,27+/m1/s1. The molecule has 0 bridgehead atoms. The van der Waals surface area contributed by atoms with E-state index >= 15 is 0 Å². The van der Waals surface area contributed by atoms with E-state index in [1.54, 1.807) is 43.1 Å². The Morgan fingerprint density at radius 2 is 1.86 bits per heavy atom. The Bertz CT molecular complexity index is 1540. The third kappa shape index (κ3) is 3.84. The highest BCUT2D eigenvalue weighted by atomic mass is 19.1. The molecule has 0 spiro atoms. The number of benzene rings is 2. The third-order valence-corrected chi connectivity index (χ3v) is 7.16. The van der Waals surface area contributed by atoms with E-state index in [0.717, 1.165) is 27.7 Å². The van der Waals surface area contributed by atoms with E-state index in [2.05, 4.69) is 15.1 Å². The summed E-state index contributed by atoms with van der Waals surface area (Å²) in [5, 5.41) is 26.1. The van der Waals surface area contributed by atoms with Crippen LogP contribution in [0.1, 0.15) is 38.2 Å². The number of aryl methyl sites for hydroxylation is 1. The molecular formula is C27H26FN5O4. The maximum absolute atomic E-state index is 14.4. The summed E-state index contributed by atoms with van der Waals surface area (Å²) in [6.07, 6.45) is 2.87. The quantitative estimate of drug-likeness (QED) is 0.440. The van der Waals surface area contributed by atoms with Crippen LogP contribution in [0.2, 0.25) is 0 Å². The van der Waals surface area contributed by atoms with E-state index in [1.807, 2.05) is 25.2 Å².